The molecule has 4 rings (SSSR count). The van der Waals surface area contributed by atoms with Crippen molar-refractivity contribution in [3.8, 4) is 6.07 Å². The van der Waals surface area contributed by atoms with Gasteiger partial charge in [-0.2, -0.15) is 5.26 Å². The molecule has 34 heavy (non-hydrogen) atoms. The quantitative estimate of drug-likeness (QED) is 0.438. The summed E-state index contributed by atoms with van der Waals surface area (Å²) in [5.41, 5.74) is 0.733. The molecule has 1 saturated heterocycles. The van der Waals surface area contributed by atoms with Crippen LogP contribution in [0.5, 0.6) is 0 Å². The number of carbonyl (C=O) groups excluding carboxylic acids is 4. The van der Waals surface area contributed by atoms with Gasteiger partial charge in [0.1, 0.15) is 5.54 Å². The molecule has 0 saturated carbocycles. The minimum Gasteiger partial charge on any atom is -0.322 e. The third kappa shape index (κ3) is 4.27. The number of nitriles is 1. The van der Waals surface area contributed by atoms with E-state index in [0.717, 1.165) is 4.90 Å². The zero-order chi connectivity index (χ0) is 24.3. The van der Waals surface area contributed by atoms with Gasteiger partial charge >= 0.3 is 6.03 Å². The number of anilines is 1. The van der Waals surface area contributed by atoms with Crippen molar-refractivity contribution >= 4 is 29.3 Å². The minimum atomic E-state index is -1.38. The minimum absolute atomic E-state index is 0.279. The Bertz CT molecular complexity index is 1330. The van der Waals surface area contributed by atoms with Crippen LogP contribution in [0.2, 0.25) is 0 Å². The first-order valence-corrected chi connectivity index (χ1v) is 10.5. The van der Waals surface area contributed by atoms with E-state index in [1.165, 1.54) is 18.2 Å². The van der Waals surface area contributed by atoms with Gasteiger partial charge in [0.25, 0.3) is 11.8 Å². The number of Topliss-reactive ketones (excluding diaryl/α,β-unsaturated/α-hetero) is 1. The first-order valence-electron chi connectivity index (χ1n) is 10.5. The van der Waals surface area contributed by atoms with Crippen LogP contribution in [0.1, 0.15) is 38.8 Å². The second-order valence-electron chi connectivity index (χ2n) is 7.96. The number of rotatable bonds is 6. The monoisotopic (exact) mass is 452 g/mol. The number of hydrogen-bond donors (Lipinski definition) is 2. The summed E-state index contributed by atoms with van der Waals surface area (Å²) in [7, 11) is 0. The summed E-state index contributed by atoms with van der Waals surface area (Å²) in [5, 5.41) is 14.5. The van der Waals surface area contributed by atoms with Gasteiger partial charge in [-0.1, -0.05) is 30.3 Å². The lowest BCUT2D eigenvalue weighted by atomic mass is 9.91. The molecule has 168 valence electrons. The largest absolute Gasteiger partial charge is 0.325 e. The topological polar surface area (TPSA) is 119 Å². The molecule has 4 amide bonds. The van der Waals surface area contributed by atoms with Crippen molar-refractivity contribution in [2.24, 2.45) is 0 Å². The second kappa shape index (κ2) is 9.00. The van der Waals surface area contributed by atoms with E-state index in [-0.39, 0.29) is 5.91 Å². The fourth-order valence-corrected chi connectivity index (χ4v) is 3.70. The maximum atomic E-state index is 13.1. The van der Waals surface area contributed by atoms with Crippen LogP contribution >= 0.6 is 0 Å². The van der Waals surface area contributed by atoms with Gasteiger partial charge < -0.3 is 10.6 Å². The smallest absolute Gasteiger partial charge is 0.322 e. The number of carbonyl (C=O) groups is 4. The summed E-state index contributed by atoms with van der Waals surface area (Å²) < 4.78 is 0. The van der Waals surface area contributed by atoms with E-state index in [9.17, 15) is 19.2 Å². The zero-order valence-electron chi connectivity index (χ0n) is 18.2. The Kier molecular flexibility index (Phi) is 5.94. The van der Waals surface area contributed by atoms with Crippen molar-refractivity contribution < 1.29 is 19.2 Å². The Balaban J connectivity index is 1.45. The van der Waals surface area contributed by atoms with Crippen molar-refractivity contribution in [2.75, 3.05) is 11.9 Å². The van der Waals surface area contributed by atoms with E-state index in [2.05, 4.69) is 10.6 Å². The lowest BCUT2D eigenvalue weighted by Gasteiger charge is -2.22. The Hall–Kier alpha value is -4.77. The molecule has 3 aromatic carbocycles. The molecular formula is C26H20N4O4. The number of nitrogens with zero attached hydrogens (tertiary/aromatic N) is 2. The van der Waals surface area contributed by atoms with Crippen molar-refractivity contribution in [3.63, 3.8) is 0 Å². The summed E-state index contributed by atoms with van der Waals surface area (Å²) in [6, 6.07) is 22.7. The van der Waals surface area contributed by atoms with Gasteiger partial charge in [0, 0.05) is 16.8 Å². The maximum absolute atomic E-state index is 13.1. The normalized spacial score (nSPS) is 17.1. The summed E-state index contributed by atoms with van der Waals surface area (Å²) >= 11 is 0. The van der Waals surface area contributed by atoms with Crippen molar-refractivity contribution in [1.29, 1.82) is 5.26 Å². The number of amides is 4. The van der Waals surface area contributed by atoms with Gasteiger partial charge in [0.05, 0.1) is 18.2 Å². The van der Waals surface area contributed by atoms with E-state index in [0.29, 0.717) is 27.9 Å². The van der Waals surface area contributed by atoms with Crippen LogP contribution in [0.15, 0.2) is 78.9 Å². The van der Waals surface area contributed by atoms with E-state index in [1.807, 2.05) is 12.1 Å². The first kappa shape index (κ1) is 22.4. The van der Waals surface area contributed by atoms with Gasteiger partial charge in [0.2, 0.25) is 0 Å². The molecule has 1 heterocycles. The van der Waals surface area contributed by atoms with E-state index >= 15 is 0 Å². The molecule has 1 atom stereocenters. The van der Waals surface area contributed by atoms with Gasteiger partial charge in [-0.25, -0.2) is 4.79 Å². The van der Waals surface area contributed by atoms with Crippen LogP contribution in [0.3, 0.4) is 0 Å². The van der Waals surface area contributed by atoms with Crippen molar-refractivity contribution in [3.05, 3.63) is 101 Å². The molecule has 0 radical (unpaired) electrons. The fraction of sp³-hybridized carbons (Fsp3) is 0.115. The lowest BCUT2D eigenvalue weighted by molar-refractivity contribution is -0.130. The number of imide groups is 1. The number of urea groups is 1. The van der Waals surface area contributed by atoms with Crippen molar-refractivity contribution in [1.82, 2.24) is 10.2 Å². The molecule has 1 unspecified atom stereocenters. The molecule has 1 aliphatic rings. The van der Waals surface area contributed by atoms with Gasteiger partial charge in [-0.05, 0) is 61.0 Å². The highest BCUT2D eigenvalue weighted by atomic mass is 16.2. The molecule has 0 aliphatic carbocycles. The summed E-state index contributed by atoms with van der Waals surface area (Å²) in [6.45, 7) is 1.10. The Morgan fingerprint density at radius 2 is 1.68 bits per heavy atom. The van der Waals surface area contributed by atoms with Crippen LogP contribution in [0, 0.1) is 11.3 Å². The maximum Gasteiger partial charge on any atom is 0.325 e. The van der Waals surface area contributed by atoms with E-state index in [4.69, 9.17) is 5.26 Å². The molecule has 8 heteroatoms. The predicted octanol–water partition coefficient (Wildman–Crippen LogP) is 3.46. The molecule has 0 spiro atoms. The SMILES string of the molecule is CC1(c2cccc(C#N)c2)NC(=O)N(CC(=O)c2ccc(NC(=O)c3ccccc3)cc2)C1=O. The Morgan fingerprint density at radius 3 is 2.35 bits per heavy atom. The molecule has 3 aromatic rings. The second-order valence-corrected chi connectivity index (χ2v) is 7.96. The predicted molar refractivity (Wildman–Crippen MR) is 124 cm³/mol. The number of benzene rings is 3. The molecule has 1 aliphatic heterocycles. The van der Waals surface area contributed by atoms with E-state index < -0.39 is 29.8 Å². The highest BCUT2D eigenvalue weighted by molar-refractivity contribution is 6.11. The average Bonchev–Trinajstić information content (AvgIpc) is 3.08. The highest BCUT2D eigenvalue weighted by Crippen LogP contribution is 2.29. The summed E-state index contributed by atoms with van der Waals surface area (Å²) in [5.74, 6) is -1.29. The summed E-state index contributed by atoms with van der Waals surface area (Å²) in [4.78, 5) is 51.5. The molecule has 1 fully saturated rings. The molecule has 2 N–H and O–H groups in total. The lowest BCUT2D eigenvalue weighted by Crippen LogP contribution is -2.41. The van der Waals surface area contributed by atoms with Gasteiger partial charge in [-0.15, -0.1) is 0 Å². The first-order chi connectivity index (χ1) is 16.3. The average molecular weight is 452 g/mol. The standard InChI is InChI=1S/C26H20N4O4/c1-26(20-9-5-6-17(14-20)15-27)24(33)30(25(34)29-26)16-22(31)18-10-12-21(13-11-18)28-23(32)19-7-3-2-4-8-19/h2-14H,16H2,1H3,(H,28,32)(H,29,34). The fourth-order valence-electron chi connectivity index (χ4n) is 3.70. The van der Waals surface area contributed by atoms with Gasteiger partial charge in [0.15, 0.2) is 5.78 Å². The van der Waals surface area contributed by atoms with Crippen LogP contribution in [0.4, 0.5) is 10.5 Å². The zero-order valence-corrected chi connectivity index (χ0v) is 18.2. The summed E-state index contributed by atoms with van der Waals surface area (Å²) in [6.07, 6.45) is 0. The third-order valence-electron chi connectivity index (χ3n) is 5.65. The molecule has 0 aromatic heterocycles. The number of nitrogens with one attached hydrogen (secondary N) is 2. The Labute approximate surface area is 195 Å². The highest BCUT2D eigenvalue weighted by Gasteiger charge is 2.49. The third-order valence-corrected chi connectivity index (χ3v) is 5.65. The number of ketones is 1. The van der Waals surface area contributed by atoms with E-state index in [1.54, 1.807) is 61.5 Å². The molecule has 8 nitrogen and oxygen atoms in total. The van der Waals surface area contributed by atoms with Crippen molar-refractivity contribution in [2.45, 2.75) is 12.5 Å². The van der Waals surface area contributed by atoms with Crippen LogP contribution in [-0.2, 0) is 10.3 Å². The van der Waals surface area contributed by atoms with Gasteiger partial charge in [-0.3, -0.25) is 19.3 Å². The van der Waals surface area contributed by atoms with Crippen LogP contribution in [0.25, 0.3) is 0 Å². The Morgan fingerprint density at radius 1 is 0.971 bits per heavy atom. The number of hydrogen-bond acceptors (Lipinski definition) is 5. The molecular weight excluding hydrogens is 432 g/mol. The van der Waals surface area contributed by atoms with Crippen LogP contribution in [-0.4, -0.2) is 35.1 Å². The van der Waals surface area contributed by atoms with Crippen LogP contribution < -0.4 is 10.6 Å². The molecule has 0 bridgehead atoms.